The van der Waals surface area contributed by atoms with Crippen LogP contribution < -0.4 is 10.1 Å². The Morgan fingerprint density at radius 2 is 1.86 bits per heavy atom. The molecule has 1 N–H and O–H groups in total. The Labute approximate surface area is 164 Å². The van der Waals surface area contributed by atoms with Gasteiger partial charge in [-0.25, -0.2) is 9.37 Å². The van der Waals surface area contributed by atoms with Crippen molar-refractivity contribution in [2.75, 3.05) is 0 Å². The van der Waals surface area contributed by atoms with Crippen LogP contribution in [0.25, 0.3) is 0 Å². The fourth-order valence-corrected chi connectivity index (χ4v) is 2.98. The monoisotopic (exact) mass is 378 g/mol. The molecule has 0 fully saturated rings. The smallest absolute Gasteiger partial charge is 0.227 e. The van der Waals surface area contributed by atoms with Gasteiger partial charge >= 0.3 is 0 Å². The predicted octanol–water partition coefficient (Wildman–Crippen LogP) is 5.21. The largest absolute Gasteiger partial charge is 0.439 e. The second-order valence-corrected chi connectivity index (χ2v) is 6.53. The molecule has 0 aliphatic rings. The minimum absolute atomic E-state index is 0.00543. The average Bonchev–Trinajstić information content (AvgIpc) is 2.73. The van der Waals surface area contributed by atoms with Crippen molar-refractivity contribution < 1.29 is 13.9 Å². The Morgan fingerprint density at radius 1 is 1.11 bits per heavy atom. The summed E-state index contributed by atoms with van der Waals surface area (Å²) in [7, 11) is 0. The molecule has 1 amide bonds. The molecule has 2 aromatic carbocycles. The standard InChI is InChI=1S/C23H23FN2O2/c1-2-6-21(18-7-4-3-5-8-18)23(27)26-16-17-13-14-25-22(15-17)28-20-11-9-19(24)10-12-20/h3-5,7-15,21H,2,6,16H2,1H3,(H,26,27). The fourth-order valence-electron chi connectivity index (χ4n) is 2.98. The highest BCUT2D eigenvalue weighted by Crippen LogP contribution is 2.22. The van der Waals surface area contributed by atoms with Gasteiger partial charge in [-0.2, -0.15) is 0 Å². The lowest BCUT2D eigenvalue weighted by molar-refractivity contribution is -0.122. The minimum atomic E-state index is -0.322. The number of nitrogens with one attached hydrogen (secondary N) is 1. The van der Waals surface area contributed by atoms with E-state index < -0.39 is 0 Å². The first-order valence-electron chi connectivity index (χ1n) is 9.36. The van der Waals surface area contributed by atoms with Gasteiger partial charge in [0.25, 0.3) is 0 Å². The van der Waals surface area contributed by atoms with Crippen LogP contribution >= 0.6 is 0 Å². The SMILES string of the molecule is CCCC(C(=O)NCc1ccnc(Oc2ccc(F)cc2)c1)c1ccccc1. The van der Waals surface area contributed by atoms with Gasteiger partial charge in [0.15, 0.2) is 0 Å². The van der Waals surface area contributed by atoms with E-state index in [1.807, 2.05) is 36.4 Å². The van der Waals surface area contributed by atoms with Crippen molar-refractivity contribution in [1.29, 1.82) is 0 Å². The third-order valence-electron chi connectivity index (χ3n) is 4.40. The molecule has 1 atom stereocenters. The molecule has 28 heavy (non-hydrogen) atoms. The fraction of sp³-hybridized carbons (Fsp3) is 0.217. The molecule has 144 valence electrons. The van der Waals surface area contributed by atoms with Gasteiger partial charge in [-0.1, -0.05) is 43.7 Å². The molecular formula is C23H23FN2O2. The Balaban J connectivity index is 1.63. The zero-order valence-corrected chi connectivity index (χ0v) is 15.8. The van der Waals surface area contributed by atoms with Crippen LogP contribution in [0.3, 0.4) is 0 Å². The molecule has 0 spiro atoms. The van der Waals surface area contributed by atoms with E-state index in [2.05, 4.69) is 17.2 Å². The second kappa shape index (κ2) is 9.65. The molecule has 3 rings (SSSR count). The maximum atomic E-state index is 13.0. The summed E-state index contributed by atoms with van der Waals surface area (Å²) in [5.74, 6) is 0.416. The van der Waals surface area contributed by atoms with Crippen LogP contribution in [0.5, 0.6) is 11.6 Å². The number of aromatic nitrogens is 1. The molecule has 0 saturated carbocycles. The molecule has 1 unspecified atom stereocenters. The lowest BCUT2D eigenvalue weighted by Crippen LogP contribution is -2.29. The van der Waals surface area contributed by atoms with E-state index in [1.165, 1.54) is 12.1 Å². The van der Waals surface area contributed by atoms with Crippen molar-refractivity contribution >= 4 is 5.91 Å². The first-order valence-corrected chi connectivity index (χ1v) is 9.36. The Kier molecular flexibility index (Phi) is 6.73. The summed E-state index contributed by atoms with van der Waals surface area (Å²) in [6.07, 6.45) is 3.35. The molecule has 4 nitrogen and oxygen atoms in total. The number of benzene rings is 2. The van der Waals surface area contributed by atoms with Crippen molar-refractivity contribution in [3.05, 3.63) is 89.9 Å². The molecular weight excluding hydrogens is 355 g/mol. The first kappa shape index (κ1) is 19.5. The lowest BCUT2D eigenvalue weighted by atomic mass is 9.93. The summed E-state index contributed by atoms with van der Waals surface area (Å²) in [4.78, 5) is 16.9. The third-order valence-corrected chi connectivity index (χ3v) is 4.40. The van der Waals surface area contributed by atoms with E-state index >= 15 is 0 Å². The number of hydrogen-bond donors (Lipinski definition) is 1. The Bertz CT molecular complexity index is 898. The van der Waals surface area contributed by atoms with Gasteiger partial charge in [0.2, 0.25) is 11.8 Å². The van der Waals surface area contributed by atoms with Crippen molar-refractivity contribution in [3.8, 4) is 11.6 Å². The zero-order valence-electron chi connectivity index (χ0n) is 15.8. The van der Waals surface area contributed by atoms with Crippen molar-refractivity contribution in [2.24, 2.45) is 0 Å². The van der Waals surface area contributed by atoms with Crippen LogP contribution in [-0.4, -0.2) is 10.9 Å². The van der Waals surface area contributed by atoms with Crippen LogP contribution in [0.1, 0.15) is 36.8 Å². The van der Waals surface area contributed by atoms with Gasteiger partial charge in [-0.15, -0.1) is 0 Å². The number of carbonyl (C=O) groups excluding carboxylic acids is 1. The normalized spacial score (nSPS) is 11.6. The lowest BCUT2D eigenvalue weighted by Gasteiger charge is -2.16. The van der Waals surface area contributed by atoms with Crippen LogP contribution in [0.2, 0.25) is 0 Å². The van der Waals surface area contributed by atoms with Gasteiger partial charge < -0.3 is 10.1 Å². The summed E-state index contributed by atoms with van der Waals surface area (Å²) in [6, 6.07) is 19.2. The maximum Gasteiger partial charge on any atom is 0.227 e. The molecule has 0 saturated heterocycles. The van der Waals surface area contributed by atoms with Crippen LogP contribution in [0, 0.1) is 5.82 Å². The molecule has 5 heteroatoms. The number of hydrogen-bond acceptors (Lipinski definition) is 3. The molecule has 3 aromatic rings. The van der Waals surface area contributed by atoms with E-state index in [0.717, 1.165) is 24.0 Å². The predicted molar refractivity (Wildman–Crippen MR) is 107 cm³/mol. The molecule has 0 aliphatic heterocycles. The van der Waals surface area contributed by atoms with Crippen LogP contribution in [-0.2, 0) is 11.3 Å². The Hall–Kier alpha value is -3.21. The Morgan fingerprint density at radius 3 is 2.57 bits per heavy atom. The van der Waals surface area contributed by atoms with E-state index in [4.69, 9.17) is 4.74 Å². The van der Waals surface area contributed by atoms with Gasteiger partial charge in [0, 0.05) is 18.8 Å². The van der Waals surface area contributed by atoms with Gasteiger partial charge in [-0.05, 0) is 47.9 Å². The highest BCUT2D eigenvalue weighted by Gasteiger charge is 2.19. The van der Waals surface area contributed by atoms with Crippen molar-refractivity contribution in [2.45, 2.75) is 32.2 Å². The number of carbonyl (C=O) groups is 1. The third kappa shape index (κ3) is 5.39. The van der Waals surface area contributed by atoms with E-state index in [1.54, 1.807) is 24.4 Å². The topological polar surface area (TPSA) is 51.2 Å². The quantitative estimate of drug-likeness (QED) is 0.585. The summed E-state index contributed by atoms with van der Waals surface area (Å²) < 4.78 is 18.6. The molecule has 1 heterocycles. The van der Waals surface area contributed by atoms with Crippen LogP contribution in [0.4, 0.5) is 4.39 Å². The van der Waals surface area contributed by atoms with E-state index in [0.29, 0.717) is 18.2 Å². The zero-order chi connectivity index (χ0) is 19.8. The summed E-state index contributed by atoms with van der Waals surface area (Å²) in [5.41, 5.74) is 1.90. The van der Waals surface area contributed by atoms with Crippen LogP contribution in [0.15, 0.2) is 72.9 Å². The second-order valence-electron chi connectivity index (χ2n) is 6.53. The van der Waals surface area contributed by atoms with Gasteiger partial charge in [0.05, 0.1) is 5.92 Å². The number of amides is 1. The van der Waals surface area contributed by atoms with E-state index in [-0.39, 0.29) is 17.6 Å². The van der Waals surface area contributed by atoms with E-state index in [9.17, 15) is 9.18 Å². The van der Waals surface area contributed by atoms with Crippen molar-refractivity contribution in [1.82, 2.24) is 10.3 Å². The highest BCUT2D eigenvalue weighted by molar-refractivity contribution is 5.83. The van der Waals surface area contributed by atoms with Gasteiger partial charge in [-0.3, -0.25) is 4.79 Å². The summed E-state index contributed by atoms with van der Waals surface area (Å²) >= 11 is 0. The number of nitrogens with zero attached hydrogens (tertiary/aromatic N) is 1. The first-order chi connectivity index (χ1) is 13.7. The minimum Gasteiger partial charge on any atom is -0.439 e. The number of pyridine rings is 1. The number of halogens is 1. The average molecular weight is 378 g/mol. The van der Waals surface area contributed by atoms with Crippen molar-refractivity contribution in [3.63, 3.8) is 0 Å². The maximum absolute atomic E-state index is 13.0. The number of rotatable bonds is 8. The molecule has 1 aromatic heterocycles. The number of ether oxygens (including phenoxy) is 1. The molecule has 0 bridgehead atoms. The summed E-state index contributed by atoms with van der Waals surface area (Å²) in [6.45, 7) is 2.46. The van der Waals surface area contributed by atoms with Gasteiger partial charge in [0.1, 0.15) is 11.6 Å². The highest BCUT2D eigenvalue weighted by atomic mass is 19.1. The molecule has 0 aliphatic carbocycles. The molecule has 0 radical (unpaired) electrons. The summed E-state index contributed by atoms with van der Waals surface area (Å²) in [5, 5.41) is 3.01.